The van der Waals surface area contributed by atoms with Crippen LogP contribution in [0.3, 0.4) is 0 Å². The first-order valence-electron chi connectivity index (χ1n) is 6.14. The molecule has 0 fully saturated rings. The molecular formula is C14H8ClF3N2O2. The van der Waals surface area contributed by atoms with Crippen molar-refractivity contribution in [3.63, 3.8) is 0 Å². The maximum absolute atomic E-state index is 13.1. The largest absolute Gasteiger partial charge is 0.417 e. The van der Waals surface area contributed by atoms with Gasteiger partial charge in [0.05, 0.1) is 22.3 Å². The summed E-state index contributed by atoms with van der Waals surface area (Å²) in [7, 11) is 0. The number of hydrogen-bond donors (Lipinski definition) is 0. The van der Waals surface area contributed by atoms with Crippen LogP contribution in [0.4, 0.5) is 13.2 Å². The van der Waals surface area contributed by atoms with Crippen molar-refractivity contribution in [3.05, 3.63) is 57.0 Å². The molecule has 3 rings (SSSR count). The molecule has 0 aliphatic rings. The number of aromatic nitrogens is 2. The smallest absolute Gasteiger partial charge is 0.403 e. The molecule has 2 aromatic heterocycles. The van der Waals surface area contributed by atoms with E-state index in [-0.39, 0.29) is 16.8 Å². The predicted octanol–water partition coefficient (Wildman–Crippen LogP) is 3.96. The molecule has 2 heterocycles. The van der Waals surface area contributed by atoms with Gasteiger partial charge >= 0.3 is 11.8 Å². The van der Waals surface area contributed by atoms with Crippen molar-refractivity contribution >= 4 is 22.7 Å². The third-order valence-corrected chi connectivity index (χ3v) is 3.34. The maximum atomic E-state index is 13.1. The van der Waals surface area contributed by atoms with Gasteiger partial charge in [0.15, 0.2) is 0 Å². The zero-order valence-corrected chi connectivity index (χ0v) is 11.9. The number of hydrogen-bond acceptors (Lipinski definition) is 3. The molecule has 0 radical (unpaired) electrons. The summed E-state index contributed by atoms with van der Waals surface area (Å²) in [6.07, 6.45) is -4.68. The highest BCUT2D eigenvalue weighted by molar-refractivity contribution is 6.30. The van der Waals surface area contributed by atoms with E-state index in [0.29, 0.717) is 16.8 Å². The molecule has 0 aliphatic heterocycles. The van der Waals surface area contributed by atoms with E-state index in [1.165, 1.54) is 13.0 Å². The van der Waals surface area contributed by atoms with Crippen LogP contribution in [0.5, 0.6) is 0 Å². The van der Waals surface area contributed by atoms with Gasteiger partial charge in [0, 0.05) is 11.1 Å². The zero-order valence-electron chi connectivity index (χ0n) is 11.1. The van der Waals surface area contributed by atoms with E-state index < -0.39 is 17.4 Å². The summed E-state index contributed by atoms with van der Waals surface area (Å²) < 4.78 is 45.4. The molecule has 0 spiro atoms. The molecular weight excluding hydrogens is 321 g/mol. The van der Waals surface area contributed by atoms with Crippen LogP contribution >= 0.6 is 11.6 Å². The minimum Gasteiger partial charge on any atom is -0.403 e. The minimum atomic E-state index is -4.68. The van der Waals surface area contributed by atoms with E-state index in [2.05, 4.69) is 5.10 Å². The number of aryl methyl sites for hydroxylation is 1. The highest BCUT2D eigenvalue weighted by Gasteiger charge is 2.36. The quantitative estimate of drug-likeness (QED) is 0.679. The van der Waals surface area contributed by atoms with Gasteiger partial charge in [-0.1, -0.05) is 17.7 Å². The van der Waals surface area contributed by atoms with Crippen LogP contribution < -0.4 is 5.63 Å². The lowest BCUT2D eigenvalue weighted by molar-refractivity contribution is -0.136. The zero-order chi connectivity index (χ0) is 16.1. The fraction of sp³-hybridized carbons (Fsp3) is 0.143. The number of rotatable bonds is 1. The summed E-state index contributed by atoms with van der Waals surface area (Å²) in [6, 6.07) is 6.76. The molecule has 0 saturated carbocycles. The average molecular weight is 329 g/mol. The van der Waals surface area contributed by atoms with Crippen LogP contribution in [0.2, 0.25) is 5.02 Å². The lowest BCUT2D eigenvalue weighted by atomic mass is 10.1. The summed E-state index contributed by atoms with van der Waals surface area (Å²) >= 11 is 5.87. The summed E-state index contributed by atoms with van der Waals surface area (Å²) in [5.41, 5.74) is -1.92. The number of alkyl halides is 3. The second kappa shape index (κ2) is 4.88. The molecule has 22 heavy (non-hydrogen) atoms. The summed E-state index contributed by atoms with van der Waals surface area (Å²) in [5, 5.41) is 4.18. The second-order valence-corrected chi connectivity index (χ2v) is 5.07. The van der Waals surface area contributed by atoms with E-state index in [1.54, 1.807) is 18.2 Å². The third-order valence-electron chi connectivity index (χ3n) is 3.11. The van der Waals surface area contributed by atoms with Crippen molar-refractivity contribution in [1.82, 2.24) is 9.78 Å². The minimum absolute atomic E-state index is 0.103. The fourth-order valence-corrected chi connectivity index (χ4v) is 2.42. The van der Waals surface area contributed by atoms with Gasteiger partial charge in [0.25, 0.3) is 0 Å². The van der Waals surface area contributed by atoms with E-state index in [0.717, 1.165) is 4.68 Å². The van der Waals surface area contributed by atoms with Gasteiger partial charge in [-0.25, -0.2) is 4.79 Å². The molecule has 0 unspecified atom stereocenters. The first-order chi connectivity index (χ1) is 10.3. The SMILES string of the molecule is Cc1nn(-c2cccc(Cl)c2)c2oc(=O)cc(C(F)(F)F)c12. The lowest BCUT2D eigenvalue weighted by Crippen LogP contribution is -2.11. The van der Waals surface area contributed by atoms with Crippen LogP contribution in [0, 0.1) is 6.92 Å². The van der Waals surface area contributed by atoms with Crippen molar-refractivity contribution in [2.75, 3.05) is 0 Å². The Hall–Kier alpha value is -2.28. The monoisotopic (exact) mass is 328 g/mol. The maximum Gasteiger partial charge on any atom is 0.417 e. The Labute approximate surface area is 126 Å². The fourth-order valence-electron chi connectivity index (χ4n) is 2.23. The van der Waals surface area contributed by atoms with Gasteiger partial charge in [-0.2, -0.15) is 23.0 Å². The van der Waals surface area contributed by atoms with Gasteiger partial charge in [-0.3, -0.25) is 0 Å². The Kier molecular flexibility index (Phi) is 3.25. The molecule has 8 heteroatoms. The molecule has 0 amide bonds. The molecule has 1 aromatic carbocycles. The summed E-state index contributed by atoms with van der Waals surface area (Å²) in [4.78, 5) is 11.5. The molecule has 0 saturated heterocycles. The van der Waals surface area contributed by atoms with Crippen molar-refractivity contribution < 1.29 is 17.6 Å². The third kappa shape index (κ3) is 2.37. The highest BCUT2D eigenvalue weighted by Crippen LogP contribution is 2.35. The van der Waals surface area contributed by atoms with E-state index in [9.17, 15) is 18.0 Å². The molecule has 4 nitrogen and oxygen atoms in total. The number of nitrogens with zero attached hydrogens (tertiary/aromatic N) is 2. The van der Waals surface area contributed by atoms with Gasteiger partial charge in [-0.15, -0.1) is 0 Å². The molecule has 0 atom stereocenters. The van der Waals surface area contributed by atoms with E-state index in [4.69, 9.17) is 16.0 Å². The standard InChI is InChI=1S/C14H8ClF3N2O2/c1-7-12-10(14(16,17)18)6-11(21)22-13(12)20(19-7)9-4-2-3-8(15)5-9/h2-6H,1H3. The Morgan fingerprint density at radius 3 is 2.64 bits per heavy atom. The van der Waals surface area contributed by atoms with Crippen LogP contribution in [0.1, 0.15) is 11.3 Å². The first kappa shape index (κ1) is 14.6. The lowest BCUT2D eigenvalue weighted by Gasteiger charge is -2.07. The Morgan fingerprint density at radius 1 is 1.27 bits per heavy atom. The van der Waals surface area contributed by atoms with Gasteiger partial charge in [-0.05, 0) is 25.1 Å². The van der Waals surface area contributed by atoms with Crippen LogP contribution in [-0.4, -0.2) is 9.78 Å². The topological polar surface area (TPSA) is 48.0 Å². The van der Waals surface area contributed by atoms with Crippen molar-refractivity contribution in [3.8, 4) is 5.69 Å². The van der Waals surface area contributed by atoms with E-state index >= 15 is 0 Å². The van der Waals surface area contributed by atoms with Crippen LogP contribution in [0.15, 0.2) is 39.5 Å². The average Bonchev–Trinajstić information content (AvgIpc) is 2.74. The molecule has 0 aliphatic carbocycles. The van der Waals surface area contributed by atoms with Crippen molar-refractivity contribution in [2.45, 2.75) is 13.1 Å². The molecule has 3 aromatic rings. The van der Waals surface area contributed by atoms with Crippen molar-refractivity contribution in [2.24, 2.45) is 0 Å². The van der Waals surface area contributed by atoms with Crippen LogP contribution in [0.25, 0.3) is 16.8 Å². The highest BCUT2D eigenvalue weighted by atomic mass is 35.5. The van der Waals surface area contributed by atoms with Gasteiger partial charge in [0.1, 0.15) is 0 Å². The number of fused-ring (bicyclic) bond motifs is 1. The van der Waals surface area contributed by atoms with E-state index in [1.807, 2.05) is 0 Å². The Balaban J connectivity index is 2.41. The summed E-state index contributed by atoms with van der Waals surface area (Å²) in [6.45, 7) is 1.42. The normalized spacial score (nSPS) is 12.0. The second-order valence-electron chi connectivity index (χ2n) is 4.63. The Morgan fingerprint density at radius 2 is 2.00 bits per heavy atom. The summed E-state index contributed by atoms with van der Waals surface area (Å²) in [5.74, 6) is 0. The van der Waals surface area contributed by atoms with Gasteiger partial charge in [0.2, 0.25) is 5.71 Å². The number of halogens is 4. The number of benzene rings is 1. The molecule has 0 bridgehead atoms. The van der Waals surface area contributed by atoms with Crippen molar-refractivity contribution in [1.29, 1.82) is 0 Å². The predicted molar refractivity (Wildman–Crippen MR) is 74.4 cm³/mol. The van der Waals surface area contributed by atoms with Crippen LogP contribution in [-0.2, 0) is 6.18 Å². The molecule has 114 valence electrons. The van der Waals surface area contributed by atoms with Gasteiger partial charge < -0.3 is 4.42 Å². The Bertz CT molecular complexity index is 928. The first-order valence-corrected chi connectivity index (χ1v) is 6.52. The molecule has 0 N–H and O–H groups in total.